The Morgan fingerprint density at radius 3 is 2.50 bits per heavy atom. The Kier molecular flexibility index (Phi) is 3.71. The number of hydrogen-bond acceptors (Lipinski definition) is 3. The first-order valence-electron chi connectivity index (χ1n) is 3.81. The molecule has 0 saturated heterocycles. The van der Waals surface area contributed by atoms with E-state index in [1.165, 1.54) is 0 Å². The van der Waals surface area contributed by atoms with Gasteiger partial charge in [-0.25, -0.2) is 0 Å². The van der Waals surface area contributed by atoms with Crippen molar-refractivity contribution in [3.63, 3.8) is 0 Å². The van der Waals surface area contributed by atoms with Crippen LogP contribution in [0.4, 0.5) is 0 Å². The normalized spacial score (nSPS) is 15.2. The summed E-state index contributed by atoms with van der Waals surface area (Å²) in [5.74, 6) is -0.686. The van der Waals surface area contributed by atoms with Crippen LogP contribution in [0.15, 0.2) is 0 Å². The molecular formula is C8H14N2O2. The highest BCUT2D eigenvalue weighted by atomic mass is 16.3. The lowest BCUT2D eigenvalue weighted by molar-refractivity contribution is -0.137. The van der Waals surface area contributed by atoms with Crippen molar-refractivity contribution in [3.8, 4) is 6.07 Å². The fourth-order valence-electron chi connectivity index (χ4n) is 1.07. The van der Waals surface area contributed by atoms with Gasteiger partial charge in [0.25, 0.3) is 0 Å². The third-order valence-electron chi connectivity index (χ3n) is 1.58. The standard InChI is InChI=1S/C8H14N2O2/c1-6(2)5-8(12,3-4-9)7(10)11/h6,12H,3,5H2,1-2H3,(H2,10,11). The predicted molar refractivity (Wildman–Crippen MR) is 43.8 cm³/mol. The quantitative estimate of drug-likeness (QED) is 0.630. The zero-order chi connectivity index (χ0) is 9.78. The maximum atomic E-state index is 10.8. The minimum atomic E-state index is -1.65. The molecule has 0 fully saturated rings. The largest absolute Gasteiger partial charge is 0.379 e. The monoisotopic (exact) mass is 170 g/mol. The van der Waals surface area contributed by atoms with Gasteiger partial charge in [-0.15, -0.1) is 0 Å². The number of nitrogens with two attached hydrogens (primary N) is 1. The lowest BCUT2D eigenvalue weighted by Gasteiger charge is -2.23. The number of hydrogen-bond donors (Lipinski definition) is 2. The van der Waals surface area contributed by atoms with Crippen molar-refractivity contribution in [2.45, 2.75) is 32.3 Å². The second kappa shape index (κ2) is 4.07. The smallest absolute Gasteiger partial charge is 0.250 e. The lowest BCUT2D eigenvalue weighted by Crippen LogP contribution is -2.44. The van der Waals surface area contributed by atoms with E-state index in [4.69, 9.17) is 11.0 Å². The van der Waals surface area contributed by atoms with Crippen LogP contribution in [0.5, 0.6) is 0 Å². The predicted octanol–water partition coefficient (Wildman–Crippen LogP) is 0.163. The van der Waals surface area contributed by atoms with Gasteiger partial charge in [-0.2, -0.15) is 5.26 Å². The van der Waals surface area contributed by atoms with Crippen LogP contribution in [0.2, 0.25) is 0 Å². The van der Waals surface area contributed by atoms with Crippen molar-refractivity contribution in [1.29, 1.82) is 5.26 Å². The summed E-state index contributed by atoms with van der Waals surface area (Å²) in [5, 5.41) is 17.9. The summed E-state index contributed by atoms with van der Waals surface area (Å²) < 4.78 is 0. The summed E-state index contributed by atoms with van der Waals surface area (Å²) in [4.78, 5) is 10.8. The highest BCUT2D eigenvalue weighted by molar-refractivity contribution is 5.83. The Morgan fingerprint density at radius 2 is 2.25 bits per heavy atom. The SMILES string of the molecule is CC(C)CC(O)(CC#N)C(N)=O. The molecular weight excluding hydrogens is 156 g/mol. The van der Waals surface area contributed by atoms with Crippen LogP contribution in [0.3, 0.4) is 0 Å². The van der Waals surface area contributed by atoms with Gasteiger partial charge >= 0.3 is 0 Å². The average Bonchev–Trinajstić information content (AvgIpc) is 1.85. The van der Waals surface area contributed by atoms with Crippen LogP contribution in [0, 0.1) is 17.2 Å². The second-order valence-electron chi connectivity index (χ2n) is 3.33. The first-order valence-corrected chi connectivity index (χ1v) is 3.81. The van der Waals surface area contributed by atoms with Gasteiger partial charge in [-0.3, -0.25) is 4.79 Å². The van der Waals surface area contributed by atoms with E-state index in [2.05, 4.69) is 0 Å². The Bertz CT molecular complexity index is 208. The molecule has 4 nitrogen and oxygen atoms in total. The lowest BCUT2D eigenvalue weighted by atomic mass is 9.89. The van der Waals surface area contributed by atoms with Gasteiger partial charge in [0, 0.05) is 0 Å². The van der Waals surface area contributed by atoms with Gasteiger partial charge < -0.3 is 10.8 Å². The van der Waals surface area contributed by atoms with Gasteiger partial charge in [-0.05, 0) is 12.3 Å². The topological polar surface area (TPSA) is 87.1 Å². The number of aliphatic hydroxyl groups is 1. The van der Waals surface area contributed by atoms with E-state index in [0.29, 0.717) is 0 Å². The van der Waals surface area contributed by atoms with Crippen LogP contribution in [-0.2, 0) is 4.79 Å². The maximum Gasteiger partial charge on any atom is 0.250 e. The van der Waals surface area contributed by atoms with Crippen molar-refractivity contribution >= 4 is 5.91 Å². The van der Waals surface area contributed by atoms with Crippen LogP contribution < -0.4 is 5.73 Å². The second-order valence-corrected chi connectivity index (χ2v) is 3.33. The first-order chi connectivity index (χ1) is 5.42. The molecule has 0 saturated carbocycles. The fourth-order valence-corrected chi connectivity index (χ4v) is 1.07. The molecule has 0 aliphatic rings. The summed E-state index contributed by atoms with van der Waals surface area (Å²) >= 11 is 0. The third-order valence-corrected chi connectivity index (χ3v) is 1.58. The molecule has 0 aromatic heterocycles. The maximum absolute atomic E-state index is 10.8. The average molecular weight is 170 g/mol. The molecule has 1 amide bonds. The molecule has 0 bridgehead atoms. The van der Waals surface area contributed by atoms with Crippen LogP contribution >= 0.6 is 0 Å². The van der Waals surface area contributed by atoms with Crippen molar-refractivity contribution in [2.75, 3.05) is 0 Å². The molecule has 12 heavy (non-hydrogen) atoms. The van der Waals surface area contributed by atoms with Crippen LogP contribution in [-0.4, -0.2) is 16.6 Å². The van der Waals surface area contributed by atoms with Crippen molar-refractivity contribution in [1.82, 2.24) is 0 Å². The number of primary amides is 1. The van der Waals surface area contributed by atoms with Crippen LogP contribution in [0.25, 0.3) is 0 Å². The molecule has 0 spiro atoms. The van der Waals surface area contributed by atoms with E-state index >= 15 is 0 Å². The molecule has 0 aliphatic carbocycles. The van der Waals surface area contributed by atoms with E-state index < -0.39 is 11.5 Å². The minimum Gasteiger partial charge on any atom is -0.379 e. The minimum absolute atomic E-state index is 0.135. The van der Waals surface area contributed by atoms with Gasteiger partial charge in [0.05, 0.1) is 12.5 Å². The zero-order valence-electron chi connectivity index (χ0n) is 7.37. The van der Waals surface area contributed by atoms with Crippen LogP contribution in [0.1, 0.15) is 26.7 Å². The van der Waals surface area contributed by atoms with Crippen molar-refractivity contribution in [3.05, 3.63) is 0 Å². The van der Waals surface area contributed by atoms with Gasteiger partial charge in [0.15, 0.2) is 5.60 Å². The highest BCUT2D eigenvalue weighted by Crippen LogP contribution is 2.19. The number of rotatable bonds is 4. The summed E-state index contributed by atoms with van der Waals surface area (Å²) in [6.07, 6.45) is -0.00356. The number of carbonyl (C=O) groups excluding carboxylic acids is 1. The number of nitriles is 1. The Labute approximate surface area is 72.0 Å². The molecule has 0 aromatic rings. The molecule has 0 rings (SSSR count). The van der Waals surface area contributed by atoms with E-state index in [1.807, 2.05) is 13.8 Å². The van der Waals surface area contributed by atoms with Gasteiger partial charge in [0.1, 0.15) is 0 Å². The molecule has 1 unspecified atom stereocenters. The van der Waals surface area contributed by atoms with Gasteiger partial charge in [-0.1, -0.05) is 13.8 Å². The van der Waals surface area contributed by atoms with E-state index in [9.17, 15) is 9.90 Å². The molecule has 0 radical (unpaired) electrons. The van der Waals surface area contributed by atoms with Crippen molar-refractivity contribution < 1.29 is 9.90 Å². The number of nitrogens with zero attached hydrogens (tertiary/aromatic N) is 1. The number of amides is 1. The molecule has 1 atom stereocenters. The third kappa shape index (κ3) is 2.89. The number of carbonyl (C=O) groups is 1. The van der Waals surface area contributed by atoms with Gasteiger partial charge in [0.2, 0.25) is 5.91 Å². The van der Waals surface area contributed by atoms with E-state index in [-0.39, 0.29) is 18.8 Å². The zero-order valence-corrected chi connectivity index (χ0v) is 7.37. The Balaban J connectivity index is 4.41. The summed E-state index contributed by atoms with van der Waals surface area (Å²) in [6.45, 7) is 3.70. The molecule has 3 N–H and O–H groups in total. The molecule has 68 valence electrons. The molecule has 0 aromatic carbocycles. The summed E-state index contributed by atoms with van der Waals surface area (Å²) in [5.41, 5.74) is 3.32. The van der Waals surface area contributed by atoms with E-state index in [0.717, 1.165) is 0 Å². The van der Waals surface area contributed by atoms with Crippen molar-refractivity contribution in [2.24, 2.45) is 11.7 Å². The molecule has 4 heteroatoms. The molecule has 0 heterocycles. The van der Waals surface area contributed by atoms with E-state index in [1.54, 1.807) is 6.07 Å². The summed E-state index contributed by atoms with van der Waals surface area (Å²) in [7, 11) is 0. The Morgan fingerprint density at radius 1 is 1.75 bits per heavy atom. The first kappa shape index (κ1) is 10.9. The molecule has 0 aliphatic heterocycles. The highest BCUT2D eigenvalue weighted by Gasteiger charge is 2.34. The fraction of sp³-hybridized carbons (Fsp3) is 0.750. The Hall–Kier alpha value is -1.08. The summed E-state index contributed by atoms with van der Waals surface area (Å²) in [6, 6.07) is 1.74.